The number of hydrogen-bond donors (Lipinski definition) is 0. The molecule has 12 aromatic rings. The lowest BCUT2D eigenvalue weighted by Gasteiger charge is -2.31. The minimum absolute atomic E-state index is 0.0183. The summed E-state index contributed by atoms with van der Waals surface area (Å²) < 4.78 is 7.96. The van der Waals surface area contributed by atoms with Crippen LogP contribution >= 0.6 is 0 Å². The number of allylic oxidation sites excluding steroid dienone is 2. The first-order valence-corrected chi connectivity index (χ1v) is 44.4. The van der Waals surface area contributed by atoms with E-state index in [4.69, 9.17) is 4.74 Å². The number of benzene rings is 12. The summed E-state index contributed by atoms with van der Waals surface area (Å²) in [6.45, 7) is 21.8. The second-order valence-electron chi connectivity index (χ2n) is 29.6. The predicted octanol–water partition coefficient (Wildman–Crippen LogP) is 22.1. The van der Waals surface area contributed by atoms with E-state index < -0.39 is 29.6 Å². The van der Waals surface area contributed by atoms with Crippen LogP contribution in [0.15, 0.2) is 309 Å². The number of para-hydroxylation sites is 2. The Labute approximate surface area is 565 Å². The number of rotatable bonds is 14. The van der Waals surface area contributed by atoms with E-state index in [1.807, 2.05) is 0 Å². The molecule has 0 saturated heterocycles. The molecule has 0 saturated carbocycles. The Bertz CT molecular complexity index is 4930. The van der Waals surface area contributed by atoms with Gasteiger partial charge in [0.05, 0.1) is 29.6 Å². The van der Waals surface area contributed by atoms with Gasteiger partial charge in [0.25, 0.3) is 0 Å². The highest BCUT2D eigenvalue weighted by Crippen LogP contribution is 2.68. The maximum Gasteiger partial charge on any atom is 0.132 e. The summed E-state index contributed by atoms with van der Waals surface area (Å²) in [5, 5.41) is 4.36. The van der Waals surface area contributed by atoms with Crippen LogP contribution in [0, 0.1) is 0 Å². The van der Waals surface area contributed by atoms with Crippen LogP contribution in [0.2, 0.25) is 58.9 Å². The van der Waals surface area contributed by atoms with Gasteiger partial charge in [0, 0.05) is 57.1 Å². The Morgan fingerprint density at radius 2 is 0.789 bits per heavy atom. The van der Waals surface area contributed by atoms with Crippen LogP contribution in [0.5, 0.6) is 5.75 Å². The third-order valence-electron chi connectivity index (χ3n) is 20.6. The Balaban J connectivity index is 0.914. The molecule has 464 valence electrons. The molecule has 0 radical (unpaired) electrons. The molecule has 1 spiro atoms. The molecule has 1 heterocycles. The summed E-state index contributed by atoms with van der Waals surface area (Å²) in [4.78, 5) is 4.84. The molecule has 3 unspecified atom stereocenters. The highest BCUT2D eigenvalue weighted by Gasteiger charge is 2.55. The average Bonchev–Trinajstić information content (AvgIpc) is 1.50. The smallest absolute Gasteiger partial charge is 0.132 e. The van der Waals surface area contributed by atoms with Gasteiger partial charge in [-0.25, -0.2) is 0 Å². The zero-order valence-electron chi connectivity index (χ0n) is 55.9. The Morgan fingerprint density at radius 1 is 0.347 bits per heavy atom. The van der Waals surface area contributed by atoms with Crippen molar-refractivity contribution in [2.75, 3.05) is 9.80 Å². The lowest BCUT2D eigenvalue weighted by Crippen LogP contribution is -2.37. The maximum absolute atomic E-state index is 7.96. The molecule has 0 fully saturated rings. The van der Waals surface area contributed by atoms with Gasteiger partial charge in [-0.15, -0.1) is 0 Å². The van der Waals surface area contributed by atoms with Crippen LogP contribution in [0.25, 0.3) is 44.5 Å². The van der Waals surface area contributed by atoms with Crippen LogP contribution < -0.4 is 30.1 Å². The topological polar surface area (TPSA) is 15.7 Å². The number of ether oxygens (including phenoxy) is 1. The summed E-state index contributed by atoms with van der Waals surface area (Å²) in [5.41, 5.74) is 25.8. The summed E-state index contributed by atoms with van der Waals surface area (Å²) in [5.74, 6) is 0.933. The largest absolute Gasteiger partial charge is 0.484 e. The van der Waals surface area contributed by atoms with Crippen LogP contribution in [0.1, 0.15) is 50.8 Å². The van der Waals surface area contributed by atoms with E-state index in [0.29, 0.717) is 0 Å². The van der Waals surface area contributed by atoms with E-state index in [9.17, 15) is 0 Å². The first-order chi connectivity index (χ1) is 46.0. The molecule has 4 aliphatic rings. The minimum Gasteiger partial charge on any atom is -0.484 e. The number of fused-ring (bicyclic) bond motifs is 14. The van der Waals surface area contributed by atoms with E-state index >= 15 is 0 Å². The highest BCUT2D eigenvalue weighted by molar-refractivity contribution is 6.89. The van der Waals surface area contributed by atoms with Gasteiger partial charge in [0.1, 0.15) is 11.9 Å². The third kappa shape index (κ3) is 10.4. The van der Waals surface area contributed by atoms with Gasteiger partial charge in [0.2, 0.25) is 0 Å². The van der Waals surface area contributed by atoms with Crippen molar-refractivity contribution in [3.05, 3.63) is 348 Å². The average molecular weight is 1280 g/mol. The van der Waals surface area contributed by atoms with Gasteiger partial charge in [0.15, 0.2) is 0 Å². The Hall–Kier alpha value is -9.83. The van der Waals surface area contributed by atoms with E-state index in [1.165, 1.54) is 93.5 Å². The van der Waals surface area contributed by atoms with Gasteiger partial charge in [-0.2, -0.15) is 0 Å². The summed E-state index contributed by atoms with van der Waals surface area (Å²) in [6, 6.07) is 108. The zero-order chi connectivity index (χ0) is 65.0. The van der Waals surface area contributed by atoms with Crippen molar-refractivity contribution in [1.29, 1.82) is 0 Å². The third-order valence-corrected chi connectivity index (χ3v) is 26.8. The molecule has 0 bridgehead atoms. The van der Waals surface area contributed by atoms with Crippen molar-refractivity contribution in [3.63, 3.8) is 0 Å². The first-order valence-electron chi connectivity index (χ1n) is 33.9. The summed E-state index contributed by atoms with van der Waals surface area (Å²) in [7, 11) is -4.64. The maximum atomic E-state index is 7.96. The van der Waals surface area contributed by atoms with E-state index in [1.54, 1.807) is 0 Å². The van der Waals surface area contributed by atoms with E-state index in [2.05, 4.69) is 372 Å². The van der Waals surface area contributed by atoms with Crippen LogP contribution in [-0.2, 0) is 5.41 Å². The van der Waals surface area contributed by atoms with Crippen molar-refractivity contribution < 1.29 is 4.74 Å². The minimum atomic E-state index is -1.57. The summed E-state index contributed by atoms with van der Waals surface area (Å²) >= 11 is 0. The van der Waals surface area contributed by atoms with E-state index in [-0.39, 0.29) is 17.9 Å². The molecule has 6 heteroatoms. The van der Waals surface area contributed by atoms with Gasteiger partial charge < -0.3 is 14.5 Å². The van der Waals surface area contributed by atoms with Crippen molar-refractivity contribution in [1.82, 2.24) is 0 Å². The molecule has 0 N–H and O–H groups in total. The highest BCUT2D eigenvalue weighted by atomic mass is 28.3. The molecule has 3 aliphatic carbocycles. The standard InChI is InChI=1S/C89H80N2OSi3/c1-93(2,3)72-47-39-61(40-48-72)85(60-25-13-10-14-26-60)65-42-54-78-84(58-65)92-88-86(78)79(64-28-24-34-71(56-64)91(67-31-17-12-18-32-67)69-45-51-74(52-46-69)95(7,8)9)59-83-87(88)77-53-41-63(57-82(77)89(83)80-37-21-19-35-75(80)76-36-20-22-38-81(76)89)62-27-23-33-70(55-62)90(66-29-15-11-16-30-66)68-43-49-73(50-44-68)94(4,5)6/h10-59,78,84-85H,1-9H3. The molecule has 0 aromatic heterocycles. The van der Waals surface area contributed by atoms with Crippen molar-refractivity contribution in [3.8, 4) is 50.3 Å². The molecular weight excluding hydrogens is 1200 g/mol. The van der Waals surface area contributed by atoms with E-state index in [0.717, 1.165) is 51.0 Å². The monoisotopic (exact) mass is 1280 g/mol. The number of hydrogen-bond acceptors (Lipinski definition) is 3. The molecule has 0 amide bonds. The van der Waals surface area contributed by atoms with Crippen LogP contribution in [0.4, 0.5) is 34.1 Å². The SMILES string of the molecule is C[Si](C)(C)c1ccc(C(C2=CC3Oc4c5c(cc(-c6cccc(N(c7ccccc7)c7ccc([Si](C)(C)C)cc7)c6)c4C3C=C2)C2(c3ccccc3-c3ccccc32)c2cc(-c3cccc(N(c4ccccc4)c4ccc([Si](C)(C)C)cc4)c3)ccc2-5)c2ccccc2)cc1. The summed E-state index contributed by atoms with van der Waals surface area (Å²) in [6.07, 6.45) is 7.12. The molecule has 1 aliphatic heterocycles. The zero-order valence-corrected chi connectivity index (χ0v) is 58.9. The molecule has 3 nitrogen and oxygen atoms in total. The van der Waals surface area contributed by atoms with Crippen molar-refractivity contribution in [2.24, 2.45) is 0 Å². The first kappa shape index (κ1) is 60.1. The van der Waals surface area contributed by atoms with Gasteiger partial charge in [-0.1, -0.05) is 287 Å². The Kier molecular flexibility index (Phi) is 14.7. The van der Waals surface area contributed by atoms with Crippen LogP contribution in [0.3, 0.4) is 0 Å². The molecule has 95 heavy (non-hydrogen) atoms. The van der Waals surface area contributed by atoms with Crippen molar-refractivity contribution in [2.45, 2.75) is 82.3 Å². The molecule has 16 rings (SSSR count). The second kappa shape index (κ2) is 23.3. The second-order valence-corrected chi connectivity index (χ2v) is 44.8. The predicted molar refractivity (Wildman–Crippen MR) is 411 cm³/mol. The van der Waals surface area contributed by atoms with Crippen LogP contribution in [-0.4, -0.2) is 30.3 Å². The lowest BCUT2D eigenvalue weighted by molar-refractivity contribution is 0.268. The fourth-order valence-corrected chi connectivity index (χ4v) is 19.3. The fraction of sp³-hybridized carbons (Fsp3) is 0.146. The number of nitrogens with zero attached hydrogens (tertiary/aromatic N) is 2. The molecule has 12 aromatic carbocycles. The van der Waals surface area contributed by atoms with Gasteiger partial charge in [-0.05, 0) is 169 Å². The van der Waals surface area contributed by atoms with Gasteiger partial charge in [-0.3, -0.25) is 0 Å². The molecular formula is C89H80N2OSi3. The lowest BCUT2D eigenvalue weighted by atomic mass is 9.69. The Morgan fingerprint density at radius 3 is 1.33 bits per heavy atom. The van der Waals surface area contributed by atoms with Gasteiger partial charge >= 0.3 is 0 Å². The van der Waals surface area contributed by atoms with Crippen molar-refractivity contribution >= 4 is 73.9 Å². The normalized spacial score (nSPS) is 15.8. The fourth-order valence-electron chi connectivity index (χ4n) is 15.8. The number of anilines is 6. The molecule has 3 atom stereocenters. The quantitative estimate of drug-likeness (QED) is 0.101.